The van der Waals surface area contributed by atoms with Crippen molar-refractivity contribution in [3.8, 4) is 5.75 Å². The number of carbonyl (C=O) groups is 1. The van der Waals surface area contributed by atoms with Gasteiger partial charge in [-0.05, 0) is 55.4 Å². The van der Waals surface area contributed by atoms with Gasteiger partial charge in [0.1, 0.15) is 5.75 Å². The number of benzene rings is 1. The summed E-state index contributed by atoms with van der Waals surface area (Å²) in [6, 6.07) is 6.22. The van der Waals surface area contributed by atoms with Gasteiger partial charge in [-0.2, -0.15) is 8.78 Å². The smallest absolute Gasteiger partial charge is 0.387 e. The summed E-state index contributed by atoms with van der Waals surface area (Å²) in [5, 5.41) is 12.0. The van der Waals surface area contributed by atoms with Crippen LogP contribution in [0.4, 0.5) is 8.78 Å². The van der Waals surface area contributed by atoms with Gasteiger partial charge in [0, 0.05) is 18.7 Å². The van der Waals surface area contributed by atoms with Gasteiger partial charge in [0.15, 0.2) is 0 Å². The van der Waals surface area contributed by atoms with E-state index in [2.05, 4.69) is 10.1 Å². The lowest BCUT2D eigenvalue weighted by Crippen LogP contribution is -2.37. The normalized spacial score (nSPS) is 21.6. The number of hydrogen-bond acceptors (Lipinski definition) is 3. The number of amides is 1. The van der Waals surface area contributed by atoms with Crippen molar-refractivity contribution in [3.63, 3.8) is 0 Å². The van der Waals surface area contributed by atoms with Crippen LogP contribution in [0.3, 0.4) is 0 Å². The Bertz CT molecular complexity index is 523. The summed E-state index contributed by atoms with van der Waals surface area (Å²) < 4.78 is 28.3. The summed E-state index contributed by atoms with van der Waals surface area (Å²) in [5.74, 6) is 0.264. The minimum absolute atomic E-state index is 0.0854. The quantitative estimate of drug-likeness (QED) is 0.791. The van der Waals surface area contributed by atoms with Crippen LogP contribution in [0.1, 0.15) is 31.2 Å². The van der Waals surface area contributed by atoms with E-state index >= 15 is 0 Å². The number of nitrogens with one attached hydrogen (secondary N) is 1. The SMILES string of the molecule is O=C(/C=C/c1ccc(OC(F)F)cc1)NC1CCC(CO)CC1. The van der Waals surface area contributed by atoms with Gasteiger partial charge in [0.25, 0.3) is 0 Å². The molecule has 0 aliphatic heterocycles. The Morgan fingerprint density at radius 1 is 1.26 bits per heavy atom. The van der Waals surface area contributed by atoms with Gasteiger partial charge in [-0.15, -0.1) is 0 Å². The predicted octanol–water partition coefficient (Wildman–Crippen LogP) is 2.97. The fourth-order valence-electron chi connectivity index (χ4n) is 2.67. The molecule has 1 aromatic carbocycles. The first-order valence-corrected chi connectivity index (χ1v) is 7.71. The van der Waals surface area contributed by atoms with Crippen LogP contribution < -0.4 is 10.1 Å². The third-order valence-corrected chi connectivity index (χ3v) is 3.98. The zero-order valence-corrected chi connectivity index (χ0v) is 12.8. The monoisotopic (exact) mass is 325 g/mol. The molecule has 0 aromatic heterocycles. The zero-order chi connectivity index (χ0) is 16.7. The second-order valence-corrected chi connectivity index (χ2v) is 5.69. The number of aliphatic hydroxyl groups excluding tert-OH is 1. The Hall–Kier alpha value is -1.95. The molecule has 0 heterocycles. The number of aliphatic hydroxyl groups is 1. The van der Waals surface area contributed by atoms with Crippen molar-refractivity contribution in [2.45, 2.75) is 38.3 Å². The number of carbonyl (C=O) groups excluding carboxylic acids is 1. The van der Waals surface area contributed by atoms with Crippen molar-refractivity contribution in [1.29, 1.82) is 0 Å². The van der Waals surface area contributed by atoms with Crippen LogP contribution in [0.25, 0.3) is 6.08 Å². The van der Waals surface area contributed by atoms with Crippen LogP contribution in [-0.4, -0.2) is 30.3 Å². The molecule has 0 spiro atoms. The molecule has 0 atom stereocenters. The molecule has 1 amide bonds. The first-order chi connectivity index (χ1) is 11.1. The van der Waals surface area contributed by atoms with Crippen LogP contribution in [-0.2, 0) is 4.79 Å². The van der Waals surface area contributed by atoms with E-state index in [0.29, 0.717) is 5.92 Å². The molecule has 1 aliphatic carbocycles. The topological polar surface area (TPSA) is 58.6 Å². The Kier molecular flexibility index (Phi) is 6.52. The van der Waals surface area contributed by atoms with E-state index in [-0.39, 0.29) is 24.3 Å². The highest BCUT2D eigenvalue weighted by molar-refractivity contribution is 5.91. The lowest BCUT2D eigenvalue weighted by Gasteiger charge is -2.27. The van der Waals surface area contributed by atoms with E-state index in [1.165, 1.54) is 18.2 Å². The van der Waals surface area contributed by atoms with Crippen LogP contribution in [0.5, 0.6) is 5.75 Å². The fraction of sp³-hybridized carbons (Fsp3) is 0.471. The van der Waals surface area contributed by atoms with Crippen molar-refractivity contribution < 1.29 is 23.4 Å². The molecular formula is C17H21F2NO3. The zero-order valence-electron chi connectivity index (χ0n) is 12.8. The lowest BCUT2D eigenvalue weighted by atomic mass is 9.86. The molecule has 0 unspecified atom stereocenters. The van der Waals surface area contributed by atoms with Crippen LogP contribution in [0.2, 0.25) is 0 Å². The third kappa shape index (κ3) is 5.98. The molecule has 0 radical (unpaired) electrons. The van der Waals surface area contributed by atoms with Gasteiger partial charge in [0.05, 0.1) is 0 Å². The minimum atomic E-state index is -2.84. The standard InChI is InChI=1S/C17H21F2NO3/c18-17(19)23-15-8-3-12(4-9-15)5-10-16(22)20-14-6-1-13(11-21)2-7-14/h3-5,8-10,13-14,17,21H,1-2,6-7,11H2,(H,20,22)/b10-5+. The largest absolute Gasteiger partial charge is 0.435 e. The molecule has 1 fully saturated rings. The molecule has 0 bridgehead atoms. The van der Waals surface area contributed by atoms with Gasteiger partial charge < -0.3 is 15.2 Å². The molecule has 0 saturated heterocycles. The highest BCUT2D eigenvalue weighted by Gasteiger charge is 2.21. The maximum atomic E-state index is 12.0. The number of alkyl halides is 2. The van der Waals surface area contributed by atoms with Gasteiger partial charge in [-0.1, -0.05) is 12.1 Å². The number of hydrogen-bond donors (Lipinski definition) is 2. The van der Waals surface area contributed by atoms with E-state index in [4.69, 9.17) is 5.11 Å². The molecule has 2 N–H and O–H groups in total. The molecule has 1 aliphatic rings. The molecule has 6 heteroatoms. The predicted molar refractivity (Wildman–Crippen MR) is 83.1 cm³/mol. The van der Waals surface area contributed by atoms with Crippen LogP contribution in [0, 0.1) is 5.92 Å². The molecule has 1 saturated carbocycles. The van der Waals surface area contributed by atoms with Gasteiger partial charge >= 0.3 is 6.61 Å². The Morgan fingerprint density at radius 3 is 2.48 bits per heavy atom. The first kappa shape index (κ1) is 17.4. The number of ether oxygens (including phenoxy) is 1. The van der Waals surface area contributed by atoms with Crippen molar-refractivity contribution in [3.05, 3.63) is 35.9 Å². The Balaban J connectivity index is 1.79. The van der Waals surface area contributed by atoms with Gasteiger partial charge in [0.2, 0.25) is 5.91 Å². The summed E-state index contributed by atoms with van der Waals surface area (Å²) >= 11 is 0. The highest BCUT2D eigenvalue weighted by Crippen LogP contribution is 2.23. The number of rotatable bonds is 6. The van der Waals surface area contributed by atoms with E-state index in [9.17, 15) is 13.6 Å². The molecule has 23 heavy (non-hydrogen) atoms. The van der Waals surface area contributed by atoms with Crippen molar-refractivity contribution in [2.75, 3.05) is 6.61 Å². The second kappa shape index (κ2) is 8.62. The van der Waals surface area contributed by atoms with Crippen molar-refractivity contribution in [2.24, 2.45) is 5.92 Å². The molecule has 1 aromatic rings. The first-order valence-electron chi connectivity index (χ1n) is 7.71. The average Bonchev–Trinajstić information content (AvgIpc) is 2.54. The summed E-state index contributed by atoms with van der Waals surface area (Å²) in [4.78, 5) is 11.9. The van der Waals surface area contributed by atoms with Crippen LogP contribution >= 0.6 is 0 Å². The molecule has 2 rings (SSSR count). The Labute approximate surface area is 134 Å². The van der Waals surface area contributed by atoms with E-state index in [0.717, 1.165) is 31.2 Å². The molecular weight excluding hydrogens is 304 g/mol. The van der Waals surface area contributed by atoms with E-state index in [1.54, 1.807) is 18.2 Å². The lowest BCUT2D eigenvalue weighted by molar-refractivity contribution is -0.117. The maximum Gasteiger partial charge on any atom is 0.387 e. The van der Waals surface area contributed by atoms with Crippen LogP contribution in [0.15, 0.2) is 30.3 Å². The van der Waals surface area contributed by atoms with E-state index in [1.807, 2.05) is 0 Å². The van der Waals surface area contributed by atoms with E-state index < -0.39 is 6.61 Å². The number of halogens is 2. The molecule has 4 nitrogen and oxygen atoms in total. The second-order valence-electron chi connectivity index (χ2n) is 5.69. The summed E-state index contributed by atoms with van der Waals surface area (Å²) in [6.45, 7) is -2.63. The Morgan fingerprint density at radius 2 is 1.91 bits per heavy atom. The fourth-order valence-corrected chi connectivity index (χ4v) is 2.67. The average molecular weight is 325 g/mol. The summed E-state index contributed by atoms with van der Waals surface area (Å²) in [7, 11) is 0. The van der Waals surface area contributed by atoms with Gasteiger partial charge in [-0.3, -0.25) is 4.79 Å². The summed E-state index contributed by atoms with van der Waals surface area (Å²) in [6.07, 6.45) is 6.67. The molecule has 126 valence electrons. The minimum Gasteiger partial charge on any atom is -0.435 e. The maximum absolute atomic E-state index is 12.0. The summed E-state index contributed by atoms with van der Waals surface area (Å²) in [5.41, 5.74) is 0.728. The van der Waals surface area contributed by atoms with Gasteiger partial charge in [-0.25, -0.2) is 0 Å². The third-order valence-electron chi connectivity index (χ3n) is 3.98. The van der Waals surface area contributed by atoms with Crippen molar-refractivity contribution >= 4 is 12.0 Å². The highest BCUT2D eigenvalue weighted by atomic mass is 19.3. The van der Waals surface area contributed by atoms with Crippen molar-refractivity contribution in [1.82, 2.24) is 5.32 Å².